The van der Waals surface area contributed by atoms with E-state index in [-0.39, 0.29) is 0 Å². The van der Waals surface area contributed by atoms with E-state index in [0.29, 0.717) is 4.90 Å². The summed E-state index contributed by atoms with van der Waals surface area (Å²) in [7, 11) is -5.97. The lowest BCUT2D eigenvalue weighted by Gasteiger charge is -2.39. The van der Waals surface area contributed by atoms with Gasteiger partial charge in [-0.25, -0.2) is 0 Å². The Hall–Kier alpha value is -1.56. The van der Waals surface area contributed by atoms with Crippen molar-refractivity contribution in [2.75, 3.05) is 13.1 Å². The fraction of sp³-hybridized carbons (Fsp3) is 0.750. The molecule has 2 unspecified atom stereocenters. The van der Waals surface area contributed by atoms with Crippen LogP contribution < -0.4 is 10.2 Å². The molecule has 1 rings (SSSR count). The summed E-state index contributed by atoms with van der Waals surface area (Å²) >= 11 is 0. The number of carbonyl (C=O) groups excluding carboxylic acids is 2. The first-order valence-corrected chi connectivity index (χ1v) is 6.53. The smallest absolute Gasteiger partial charge is 0.523 e. The largest absolute Gasteiger partial charge is 0.550 e. The second kappa shape index (κ2) is 5.44. The summed E-state index contributed by atoms with van der Waals surface area (Å²) in [6.45, 7) is -1.19. The van der Waals surface area contributed by atoms with Crippen LogP contribution in [0.1, 0.15) is 6.42 Å². The molecule has 0 radical (unpaired) electrons. The molecule has 20 heavy (non-hydrogen) atoms. The number of carboxylic acids is 1. The molecule has 1 heterocycles. The number of alkyl halides is 3. The number of amides is 1. The number of hydrogen-bond acceptors (Lipinski definition) is 7. The minimum absolute atomic E-state index is 0.413. The first-order valence-electron chi connectivity index (χ1n) is 5.12. The number of aliphatic carboxylic acids is 1. The highest BCUT2D eigenvalue weighted by Crippen LogP contribution is 2.29. The van der Waals surface area contributed by atoms with Gasteiger partial charge < -0.3 is 24.7 Å². The molecule has 1 aliphatic heterocycles. The second-order valence-corrected chi connectivity index (χ2v) is 5.52. The molecule has 0 saturated carbocycles. The van der Waals surface area contributed by atoms with Crippen LogP contribution in [0.3, 0.4) is 0 Å². The van der Waals surface area contributed by atoms with Crippen LogP contribution in [0.25, 0.3) is 0 Å². The molecule has 0 aliphatic carbocycles. The van der Waals surface area contributed by atoms with Gasteiger partial charge >= 0.3 is 15.6 Å². The van der Waals surface area contributed by atoms with E-state index in [9.17, 15) is 41.4 Å². The number of piperidine rings is 1. The van der Waals surface area contributed by atoms with E-state index in [4.69, 9.17) is 0 Å². The summed E-state index contributed by atoms with van der Waals surface area (Å²) in [4.78, 5) is 21.8. The van der Waals surface area contributed by atoms with Crippen molar-refractivity contribution in [2.45, 2.75) is 18.0 Å². The number of carboxylic acid groups (broad SMARTS) is 2. The number of rotatable bonds is 3. The highest BCUT2D eigenvalue weighted by Gasteiger charge is 2.50. The van der Waals surface area contributed by atoms with E-state index in [1.54, 1.807) is 0 Å². The van der Waals surface area contributed by atoms with Gasteiger partial charge in [-0.2, -0.15) is 21.6 Å². The Morgan fingerprint density at radius 3 is 2.20 bits per heavy atom. The Bertz CT molecular complexity index is 503. The second-order valence-electron chi connectivity index (χ2n) is 3.96. The molecule has 0 bridgehead atoms. The van der Waals surface area contributed by atoms with Crippen LogP contribution in [0.2, 0.25) is 0 Å². The summed E-state index contributed by atoms with van der Waals surface area (Å²) in [5.41, 5.74) is -5.70. The molecule has 0 aromatic rings. The maximum absolute atomic E-state index is 12.1. The third-order valence-electron chi connectivity index (χ3n) is 2.64. The quantitative estimate of drug-likeness (QED) is 0.420. The predicted molar refractivity (Wildman–Crippen MR) is 49.9 cm³/mol. The van der Waals surface area contributed by atoms with E-state index < -0.39 is 59.2 Å². The maximum atomic E-state index is 12.1. The first-order chi connectivity index (χ1) is 8.95. The summed E-state index contributed by atoms with van der Waals surface area (Å²) in [6, 6.07) is 0. The van der Waals surface area contributed by atoms with Gasteiger partial charge in [0.1, 0.15) is 6.09 Å². The van der Waals surface area contributed by atoms with Gasteiger partial charge in [-0.1, -0.05) is 0 Å². The van der Waals surface area contributed by atoms with Crippen molar-refractivity contribution in [1.82, 2.24) is 4.90 Å². The molecule has 0 spiro atoms. The van der Waals surface area contributed by atoms with Gasteiger partial charge in [0.2, 0.25) is 0 Å². The zero-order valence-corrected chi connectivity index (χ0v) is 10.4. The highest BCUT2D eigenvalue weighted by atomic mass is 32.2. The molecule has 0 aromatic heterocycles. The third-order valence-corrected chi connectivity index (χ3v) is 3.71. The van der Waals surface area contributed by atoms with Crippen molar-refractivity contribution < 1.29 is 45.6 Å². The molecule has 2 atom stereocenters. The summed E-state index contributed by atoms with van der Waals surface area (Å²) in [5, 5.41) is 21.3. The van der Waals surface area contributed by atoms with E-state index >= 15 is 0 Å². The highest BCUT2D eigenvalue weighted by molar-refractivity contribution is 7.87. The van der Waals surface area contributed by atoms with Gasteiger partial charge in [0.25, 0.3) is 0 Å². The normalized spacial score (nSPS) is 24.4. The van der Waals surface area contributed by atoms with E-state index in [1.165, 1.54) is 0 Å². The molecule has 116 valence electrons. The van der Waals surface area contributed by atoms with Crippen molar-refractivity contribution >= 4 is 22.2 Å². The van der Waals surface area contributed by atoms with Gasteiger partial charge in [-0.15, -0.1) is 0 Å². The molecule has 1 amide bonds. The van der Waals surface area contributed by atoms with Gasteiger partial charge in [-0.3, -0.25) is 4.18 Å². The van der Waals surface area contributed by atoms with E-state index in [0.717, 1.165) is 0 Å². The Morgan fingerprint density at radius 2 is 1.80 bits per heavy atom. The van der Waals surface area contributed by atoms with Crippen LogP contribution in [0.5, 0.6) is 0 Å². The van der Waals surface area contributed by atoms with Gasteiger partial charge in [0, 0.05) is 25.0 Å². The van der Waals surface area contributed by atoms with Crippen molar-refractivity contribution in [2.24, 2.45) is 5.92 Å². The molecule has 1 aliphatic rings. The molecule has 8 nitrogen and oxygen atoms in total. The third kappa shape index (κ3) is 3.50. The lowest BCUT2D eigenvalue weighted by molar-refractivity contribution is -0.316. The fourth-order valence-corrected chi connectivity index (χ4v) is 2.32. The maximum Gasteiger partial charge on any atom is 0.523 e. The molecule has 0 aromatic carbocycles. The van der Waals surface area contributed by atoms with Crippen LogP contribution >= 0.6 is 0 Å². The Balaban J connectivity index is 2.90. The molecule has 12 heteroatoms. The van der Waals surface area contributed by atoms with Gasteiger partial charge in [0.05, 0.1) is 6.10 Å². The van der Waals surface area contributed by atoms with Gasteiger partial charge in [0.15, 0.2) is 0 Å². The Labute approximate surface area is 110 Å². The zero-order chi connectivity index (χ0) is 15.7. The van der Waals surface area contributed by atoms with Crippen molar-refractivity contribution in [3.8, 4) is 0 Å². The lowest BCUT2D eigenvalue weighted by atomic mass is 9.95. The standard InChI is InChI=1S/C8H10F3NO7S/c9-8(10,11)20(17,18)19-5-1-2-12(7(15)16)3-4(5)6(13)14/h4-5H,1-3H2,(H,13,14)(H,15,16)/p-2. The fourth-order valence-electron chi connectivity index (χ4n) is 1.66. The topological polar surface area (TPSA) is 127 Å². The first kappa shape index (κ1) is 16.5. The van der Waals surface area contributed by atoms with E-state index in [1.807, 2.05) is 0 Å². The average Bonchev–Trinajstić information content (AvgIpc) is 2.26. The van der Waals surface area contributed by atoms with Gasteiger partial charge in [-0.05, 0) is 6.42 Å². The van der Waals surface area contributed by atoms with Crippen molar-refractivity contribution in [3.63, 3.8) is 0 Å². The van der Waals surface area contributed by atoms with Crippen molar-refractivity contribution in [3.05, 3.63) is 0 Å². The summed E-state index contributed by atoms with van der Waals surface area (Å²) in [6.07, 6.45) is -4.14. The summed E-state index contributed by atoms with van der Waals surface area (Å²) < 4.78 is 61.8. The monoisotopic (exact) mass is 319 g/mol. The molecular weight excluding hydrogens is 311 g/mol. The van der Waals surface area contributed by atoms with Crippen LogP contribution in [0, 0.1) is 5.92 Å². The Morgan fingerprint density at radius 1 is 1.25 bits per heavy atom. The number of hydrogen-bond donors (Lipinski definition) is 0. The zero-order valence-electron chi connectivity index (χ0n) is 9.62. The lowest BCUT2D eigenvalue weighted by Crippen LogP contribution is -2.56. The number of halogens is 3. The minimum Gasteiger partial charge on any atom is -0.550 e. The minimum atomic E-state index is -5.97. The molecule has 1 saturated heterocycles. The molecular formula is C8H8F3NO7S-2. The van der Waals surface area contributed by atoms with Crippen LogP contribution in [-0.4, -0.2) is 50.1 Å². The van der Waals surface area contributed by atoms with Crippen LogP contribution in [0.4, 0.5) is 18.0 Å². The molecule has 0 N–H and O–H groups in total. The van der Waals surface area contributed by atoms with Crippen molar-refractivity contribution in [1.29, 1.82) is 0 Å². The van der Waals surface area contributed by atoms with Crippen LogP contribution in [-0.2, 0) is 19.1 Å². The number of likely N-dealkylation sites (tertiary alicyclic amines) is 1. The Kier molecular flexibility index (Phi) is 4.49. The predicted octanol–water partition coefficient (Wildman–Crippen LogP) is -2.36. The average molecular weight is 319 g/mol. The number of carbonyl (C=O) groups is 2. The van der Waals surface area contributed by atoms with Crippen LogP contribution in [0.15, 0.2) is 0 Å². The van der Waals surface area contributed by atoms with E-state index in [2.05, 4.69) is 4.18 Å². The summed E-state index contributed by atoms with van der Waals surface area (Å²) in [5.74, 6) is -3.77. The number of nitrogens with zero attached hydrogens (tertiary/aromatic N) is 1. The molecule has 1 fully saturated rings. The SMILES string of the molecule is O=C([O-])C1CN(C(=O)[O-])CCC1OS(=O)(=O)C(F)(F)F.